The van der Waals surface area contributed by atoms with Gasteiger partial charge >= 0.3 is 0 Å². The second kappa shape index (κ2) is 9.63. The number of benzene rings is 3. The predicted molar refractivity (Wildman–Crippen MR) is 143 cm³/mol. The fourth-order valence-electron chi connectivity index (χ4n) is 4.61. The lowest BCUT2D eigenvalue weighted by atomic mass is 9.91. The Morgan fingerprint density at radius 2 is 1.49 bits per heavy atom. The molecule has 2 atom stereocenters. The molecule has 5 rings (SSSR count). The molecular formula is C30H29N3O2. The second-order valence-electron chi connectivity index (χ2n) is 8.80. The van der Waals surface area contributed by atoms with E-state index in [0.29, 0.717) is 0 Å². The van der Waals surface area contributed by atoms with Gasteiger partial charge in [0.05, 0.1) is 31.5 Å². The van der Waals surface area contributed by atoms with E-state index in [1.165, 1.54) is 11.1 Å². The van der Waals surface area contributed by atoms with E-state index in [4.69, 9.17) is 19.6 Å². The van der Waals surface area contributed by atoms with E-state index in [1.807, 2.05) is 42.5 Å². The lowest BCUT2D eigenvalue weighted by molar-refractivity contribution is 0.414. The van der Waals surface area contributed by atoms with Crippen molar-refractivity contribution in [1.29, 1.82) is 0 Å². The Hall–Kier alpha value is -4.12. The van der Waals surface area contributed by atoms with Crippen LogP contribution in [-0.4, -0.2) is 24.9 Å². The van der Waals surface area contributed by atoms with E-state index in [0.717, 1.165) is 39.5 Å². The number of aromatic nitrogens is 1. The van der Waals surface area contributed by atoms with Crippen molar-refractivity contribution in [3.05, 3.63) is 102 Å². The summed E-state index contributed by atoms with van der Waals surface area (Å²) in [5, 5.41) is 8.31. The number of allylic oxidation sites excluding steroid dienone is 1. The van der Waals surface area contributed by atoms with Gasteiger partial charge < -0.3 is 9.47 Å². The molecule has 176 valence electrons. The third-order valence-electron chi connectivity index (χ3n) is 6.59. The molecule has 1 aliphatic rings. The van der Waals surface area contributed by atoms with E-state index in [-0.39, 0.29) is 12.0 Å². The van der Waals surface area contributed by atoms with E-state index in [2.05, 4.69) is 67.4 Å². The van der Waals surface area contributed by atoms with Crippen LogP contribution < -0.4 is 14.5 Å². The summed E-state index contributed by atoms with van der Waals surface area (Å²) in [6.45, 7) is 4.35. The van der Waals surface area contributed by atoms with Gasteiger partial charge in [-0.15, -0.1) is 0 Å². The number of hydrogen-bond donors (Lipinski definition) is 0. The molecule has 4 aromatic rings. The summed E-state index contributed by atoms with van der Waals surface area (Å²) in [5.41, 5.74) is 5.43. The number of hydrogen-bond acceptors (Lipinski definition) is 5. The van der Waals surface area contributed by atoms with Gasteiger partial charge in [-0.3, -0.25) is 0 Å². The van der Waals surface area contributed by atoms with Gasteiger partial charge in [-0.25, -0.2) is 9.99 Å². The molecule has 5 nitrogen and oxygen atoms in total. The molecule has 0 amide bonds. The van der Waals surface area contributed by atoms with Crippen molar-refractivity contribution in [2.24, 2.45) is 11.0 Å². The van der Waals surface area contributed by atoms with E-state index in [9.17, 15) is 0 Å². The summed E-state index contributed by atoms with van der Waals surface area (Å²) in [5.74, 6) is 2.69. The highest BCUT2D eigenvalue weighted by molar-refractivity contribution is 6.02. The Morgan fingerprint density at radius 3 is 2.17 bits per heavy atom. The zero-order valence-electron chi connectivity index (χ0n) is 20.5. The van der Waals surface area contributed by atoms with Crippen molar-refractivity contribution in [2.45, 2.75) is 19.9 Å². The van der Waals surface area contributed by atoms with Gasteiger partial charge in [0, 0.05) is 11.3 Å². The second-order valence-corrected chi connectivity index (χ2v) is 8.80. The van der Waals surface area contributed by atoms with Gasteiger partial charge in [-0.05, 0) is 66.1 Å². The van der Waals surface area contributed by atoms with Crippen LogP contribution in [0, 0.1) is 12.8 Å². The van der Waals surface area contributed by atoms with Crippen LogP contribution in [0.25, 0.3) is 17.0 Å². The monoisotopic (exact) mass is 463 g/mol. The molecule has 3 aromatic carbocycles. The predicted octanol–water partition coefficient (Wildman–Crippen LogP) is 6.83. The zero-order chi connectivity index (χ0) is 24.4. The summed E-state index contributed by atoms with van der Waals surface area (Å²) >= 11 is 0. The van der Waals surface area contributed by atoms with Crippen molar-refractivity contribution >= 4 is 28.5 Å². The van der Waals surface area contributed by atoms with Crippen molar-refractivity contribution in [3.8, 4) is 11.5 Å². The van der Waals surface area contributed by atoms with Crippen LogP contribution in [0.15, 0.2) is 90.0 Å². The molecule has 35 heavy (non-hydrogen) atoms. The Balaban J connectivity index is 1.55. The number of nitrogens with zero attached hydrogens (tertiary/aromatic N) is 3. The molecule has 0 spiro atoms. The molecule has 5 heteroatoms. The number of anilines is 1. The fraction of sp³-hybridized carbons (Fsp3) is 0.200. The molecule has 0 saturated heterocycles. The highest BCUT2D eigenvalue weighted by atomic mass is 16.5. The first-order chi connectivity index (χ1) is 17.1. The first-order valence-corrected chi connectivity index (χ1v) is 11.8. The number of ether oxygens (including phenoxy) is 2. The highest BCUT2D eigenvalue weighted by Crippen LogP contribution is 2.40. The molecule has 2 unspecified atom stereocenters. The van der Waals surface area contributed by atoms with Gasteiger partial charge in [0.15, 0.2) is 0 Å². The average Bonchev–Trinajstić information content (AvgIpc) is 3.23. The van der Waals surface area contributed by atoms with E-state index < -0.39 is 0 Å². The minimum absolute atomic E-state index is 0.0180. The number of rotatable bonds is 6. The molecule has 2 heterocycles. The lowest BCUT2D eigenvalue weighted by Gasteiger charge is -2.26. The van der Waals surface area contributed by atoms with Gasteiger partial charge in [-0.2, -0.15) is 5.10 Å². The van der Waals surface area contributed by atoms with Crippen LogP contribution in [0.2, 0.25) is 0 Å². The Labute approximate surface area is 206 Å². The molecule has 0 aliphatic carbocycles. The quantitative estimate of drug-likeness (QED) is 0.314. The topological polar surface area (TPSA) is 47.0 Å². The fourth-order valence-corrected chi connectivity index (χ4v) is 4.61. The van der Waals surface area contributed by atoms with Crippen molar-refractivity contribution in [2.75, 3.05) is 19.2 Å². The number of para-hydroxylation sites is 1. The smallest absolute Gasteiger partial charge is 0.150 e. The normalized spacial score (nSPS) is 17.7. The molecule has 1 aromatic heterocycles. The molecule has 0 bridgehead atoms. The van der Waals surface area contributed by atoms with Crippen LogP contribution in [0.4, 0.5) is 5.82 Å². The van der Waals surface area contributed by atoms with Crippen LogP contribution in [-0.2, 0) is 0 Å². The zero-order valence-corrected chi connectivity index (χ0v) is 20.5. The van der Waals surface area contributed by atoms with Gasteiger partial charge in [0.1, 0.15) is 17.3 Å². The summed E-state index contributed by atoms with van der Waals surface area (Å²) < 4.78 is 10.7. The SMILES string of the molecule is COc1ccc(C=CC2=NN(c3cc(C)c4ccccc4n3)C(c3ccc(OC)cc3)C2C)cc1. The first kappa shape index (κ1) is 22.7. The van der Waals surface area contributed by atoms with Crippen LogP contribution in [0.1, 0.15) is 29.7 Å². The third-order valence-corrected chi connectivity index (χ3v) is 6.59. The number of aryl methyl sites for hydroxylation is 1. The molecular weight excluding hydrogens is 434 g/mol. The van der Waals surface area contributed by atoms with Crippen LogP contribution in [0.5, 0.6) is 11.5 Å². The molecule has 0 radical (unpaired) electrons. The summed E-state index contributed by atoms with van der Waals surface area (Å²) in [6.07, 6.45) is 4.21. The van der Waals surface area contributed by atoms with Crippen molar-refractivity contribution in [3.63, 3.8) is 0 Å². The number of hydrazone groups is 1. The lowest BCUT2D eigenvalue weighted by Crippen LogP contribution is -2.24. The molecule has 0 N–H and O–H groups in total. The van der Waals surface area contributed by atoms with E-state index in [1.54, 1.807) is 14.2 Å². The summed E-state index contributed by atoms with van der Waals surface area (Å²) in [6, 6.07) is 26.7. The largest absolute Gasteiger partial charge is 0.497 e. The molecule has 0 fully saturated rings. The summed E-state index contributed by atoms with van der Waals surface area (Å²) in [7, 11) is 3.36. The Morgan fingerprint density at radius 1 is 0.829 bits per heavy atom. The third kappa shape index (κ3) is 4.50. The number of fused-ring (bicyclic) bond motifs is 1. The molecule has 0 saturated carbocycles. The van der Waals surface area contributed by atoms with Crippen molar-refractivity contribution < 1.29 is 9.47 Å². The van der Waals surface area contributed by atoms with Crippen LogP contribution >= 0.6 is 0 Å². The molecule has 1 aliphatic heterocycles. The highest BCUT2D eigenvalue weighted by Gasteiger charge is 2.36. The van der Waals surface area contributed by atoms with Gasteiger partial charge in [0.25, 0.3) is 0 Å². The van der Waals surface area contributed by atoms with Crippen LogP contribution in [0.3, 0.4) is 0 Å². The number of methoxy groups -OCH3 is 2. The minimum atomic E-state index is 0.0180. The Kier molecular flexibility index (Phi) is 6.23. The first-order valence-electron chi connectivity index (χ1n) is 11.8. The minimum Gasteiger partial charge on any atom is -0.497 e. The van der Waals surface area contributed by atoms with E-state index >= 15 is 0 Å². The maximum Gasteiger partial charge on any atom is 0.150 e. The number of pyridine rings is 1. The standard InChI is InChI=1S/C30H29N3O2/c1-20-19-29(31-28-8-6-5-7-26(20)28)33-30(23-12-16-25(35-4)17-13-23)21(2)27(32-33)18-11-22-9-14-24(34-3)15-10-22/h5-19,21,30H,1-4H3. The average molecular weight is 464 g/mol. The Bertz CT molecular complexity index is 1390. The van der Waals surface area contributed by atoms with Gasteiger partial charge in [0.2, 0.25) is 0 Å². The van der Waals surface area contributed by atoms with Crippen molar-refractivity contribution in [1.82, 2.24) is 4.98 Å². The van der Waals surface area contributed by atoms with Gasteiger partial charge in [-0.1, -0.05) is 55.5 Å². The summed E-state index contributed by atoms with van der Waals surface area (Å²) in [4.78, 5) is 4.99. The maximum atomic E-state index is 5.38. The maximum absolute atomic E-state index is 5.38.